The van der Waals surface area contributed by atoms with Crippen molar-refractivity contribution >= 4 is 5.91 Å². The summed E-state index contributed by atoms with van der Waals surface area (Å²) in [6.45, 7) is 4.08. The highest BCUT2D eigenvalue weighted by Gasteiger charge is 2.26. The van der Waals surface area contributed by atoms with Crippen LogP contribution in [0.2, 0.25) is 0 Å². The van der Waals surface area contributed by atoms with E-state index < -0.39 is 6.10 Å². The van der Waals surface area contributed by atoms with Crippen molar-refractivity contribution in [2.45, 2.75) is 32.0 Å². The smallest absolute Gasteiger partial charge is 0.224 e. The van der Waals surface area contributed by atoms with Crippen LogP contribution in [0.3, 0.4) is 0 Å². The minimum atomic E-state index is -0.822. The molecule has 9 nitrogen and oxygen atoms in total. The number of hydrogen-bond acceptors (Lipinski definition) is 6. The Bertz CT molecular complexity index is 779. The number of nitrogens with zero attached hydrogens (tertiary/aromatic N) is 6. The molecule has 26 heavy (non-hydrogen) atoms. The highest BCUT2D eigenvalue weighted by Crippen LogP contribution is 2.23. The number of fused-ring (bicyclic) bond motifs is 1. The first-order valence-corrected chi connectivity index (χ1v) is 9.00. The van der Waals surface area contributed by atoms with Crippen LogP contribution < -0.4 is 0 Å². The zero-order valence-corrected chi connectivity index (χ0v) is 14.9. The number of carbonyl (C=O) groups is 1. The third-order valence-corrected chi connectivity index (χ3v) is 4.99. The molecule has 0 saturated carbocycles. The molecule has 2 aromatic heterocycles. The van der Waals surface area contributed by atoms with Gasteiger partial charge in [-0.15, -0.1) is 0 Å². The molecule has 0 aliphatic carbocycles. The first-order chi connectivity index (χ1) is 12.6. The van der Waals surface area contributed by atoms with Crippen LogP contribution in [0.4, 0.5) is 0 Å². The van der Waals surface area contributed by atoms with Crippen molar-refractivity contribution in [3.8, 4) is 0 Å². The highest BCUT2D eigenvalue weighted by atomic mass is 16.7. The van der Waals surface area contributed by atoms with E-state index in [1.54, 1.807) is 24.0 Å². The number of hydroxylamine groups is 2. The predicted octanol–water partition coefficient (Wildman–Crippen LogP) is 0.0679. The van der Waals surface area contributed by atoms with Gasteiger partial charge in [-0.2, -0.15) is 15.3 Å². The van der Waals surface area contributed by atoms with E-state index in [0.29, 0.717) is 44.0 Å². The molecule has 0 aromatic carbocycles. The first kappa shape index (κ1) is 17.2. The molecule has 140 valence electrons. The number of hydrogen-bond donors (Lipinski definition) is 1. The van der Waals surface area contributed by atoms with Crippen LogP contribution in [-0.4, -0.2) is 66.8 Å². The zero-order valence-electron chi connectivity index (χ0n) is 14.9. The zero-order chi connectivity index (χ0) is 18.1. The maximum absolute atomic E-state index is 12.5. The van der Waals surface area contributed by atoms with Crippen LogP contribution in [0, 0.1) is 0 Å². The fourth-order valence-corrected chi connectivity index (χ4v) is 3.49. The first-order valence-electron chi connectivity index (χ1n) is 9.00. The molecule has 1 fully saturated rings. The molecule has 1 N–H and O–H groups in total. The van der Waals surface area contributed by atoms with Crippen LogP contribution in [0.1, 0.15) is 36.0 Å². The molecule has 1 amide bonds. The monoisotopic (exact) mass is 360 g/mol. The number of aliphatic hydroxyl groups is 1. The van der Waals surface area contributed by atoms with Crippen LogP contribution in [0.25, 0.3) is 0 Å². The Morgan fingerprint density at radius 2 is 2.27 bits per heavy atom. The van der Waals surface area contributed by atoms with Gasteiger partial charge in [0.05, 0.1) is 36.8 Å². The van der Waals surface area contributed by atoms with Gasteiger partial charge in [0.15, 0.2) is 0 Å². The van der Waals surface area contributed by atoms with Crippen molar-refractivity contribution < 1.29 is 14.7 Å². The molecule has 2 aliphatic rings. The standard InChI is InChI=1S/C17H24N6O3/c1-20-15(3-5-18-20)17(25)14-11-13-12-21(8-9-23(13)19-14)16(24)4-7-22-6-2-10-26-22/h3,5,11,17,25H,2,4,6-10,12H2,1H3/t17-/m1/s1. The summed E-state index contributed by atoms with van der Waals surface area (Å²) in [5, 5.41) is 21.0. The van der Waals surface area contributed by atoms with Gasteiger partial charge in [-0.25, -0.2) is 0 Å². The second-order valence-corrected chi connectivity index (χ2v) is 6.75. The van der Waals surface area contributed by atoms with E-state index >= 15 is 0 Å². The van der Waals surface area contributed by atoms with E-state index in [1.165, 1.54) is 0 Å². The van der Waals surface area contributed by atoms with E-state index in [9.17, 15) is 9.90 Å². The van der Waals surface area contributed by atoms with E-state index in [4.69, 9.17) is 4.84 Å². The Balaban J connectivity index is 1.40. The van der Waals surface area contributed by atoms with Gasteiger partial charge in [0.25, 0.3) is 0 Å². The summed E-state index contributed by atoms with van der Waals surface area (Å²) < 4.78 is 3.52. The van der Waals surface area contributed by atoms with Gasteiger partial charge in [0.1, 0.15) is 6.10 Å². The van der Waals surface area contributed by atoms with E-state index in [2.05, 4.69) is 10.2 Å². The fraction of sp³-hybridized carbons (Fsp3) is 0.588. The van der Waals surface area contributed by atoms with Gasteiger partial charge in [-0.05, 0) is 18.6 Å². The number of rotatable bonds is 5. The molecule has 0 spiro atoms. The van der Waals surface area contributed by atoms with Gasteiger partial charge in [-0.1, -0.05) is 0 Å². The summed E-state index contributed by atoms with van der Waals surface area (Å²) in [5.41, 5.74) is 2.22. The molecule has 4 rings (SSSR count). The SMILES string of the molecule is Cn1nccc1[C@H](O)c1cc2n(n1)CCN(C(=O)CCN1CCCO1)C2. The van der Waals surface area contributed by atoms with E-state index in [1.807, 2.05) is 20.7 Å². The molecule has 1 atom stereocenters. The summed E-state index contributed by atoms with van der Waals surface area (Å²) in [6, 6.07) is 3.65. The summed E-state index contributed by atoms with van der Waals surface area (Å²) in [6.07, 6.45) is 2.31. The minimum absolute atomic E-state index is 0.127. The Labute approximate surface area is 151 Å². The van der Waals surface area contributed by atoms with Crippen LogP contribution in [-0.2, 0) is 29.8 Å². The Kier molecular flexibility index (Phi) is 4.75. The van der Waals surface area contributed by atoms with Crippen LogP contribution in [0.15, 0.2) is 18.3 Å². The van der Waals surface area contributed by atoms with Crippen molar-refractivity contribution in [2.75, 3.05) is 26.2 Å². The topological polar surface area (TPSA) is 88.7 Å². The molecule has 2 aromatic rings. The number of aromatic nitrogens is 4. The van der Waals surface area contributed by atoms with Gasteiger partial charge in [0.2, 0.25) is 5.91 Å². The van der Waals surface area contributed by atoms with Gasteiger partial charge in [0, 0.05) is 39.3 Å². The average molecular weight is 360 g/mol. The lowest BCUT2D eigenvalue weighted by atomic mass is 10.1. The lowest BCUT2D eigenvalue weighted by molar-refractivity contribution is -0.140. The molecular weight excluding hydrogens is 336 g/mol. The number of carbonyl (C=O) groups excluding carboxylic acids is 1. The normalized spacial score (nSPS) is 18.9. The summed E-state index contributed by atoms with van der Waals surface area (Å²) >= 11 is 0. The molecular formula is C17H24N6O3. The molecule has 0 unspecified atom stereocenters. The lowest BCUT2D eigenvalue weighted by Gasteiger charge is -2.28. The van der Waals surface area contributed by atoms with Gasteiger partial charge >= 0.3 is 0 Å². The Hall–Kier alpha value is -2.23. The van der Waals surface area contributed by atoms with Crippen LogP contribution in [0.5, 0.6) is 0 Å². The maximum atomic E-state index is 12.5. The quantitative estimate of drug-likeness (QED) is 0.812. The van der Waals surface area contributed by atoms with E-state index in [0.717, 1.165) is 25.3 Å². The molecule has 4 heterocycles. The Morgan fingerprint density at radius 3 is 3.00 bits per heavy atom. The Morgan fingerprint density at radius 1 is 1.38 bits per heavy atom. The third kappa shape index (κ3) is 3.37. The predicted molar refractivity (Wildman–Crippen MR) is 91.7 cm³/mol. The molecule has 2 aliphatic heterocycles. The number of aliphatic hydroxyl groups excluding tert-OH is 1. The summed E-state index contributed by atoms with van der Waals surface area (Å²) in [4.78, 5) is 19.8. The largest absolute Gasteiger partial charge is 0.380 e. The summed E-state index contributed by atoms with van der Waals surface area (Å²) in [7, 11) is 1.79. The highest BCUT2D eigenvalue weighted by molar-refractivity contribution is 5.76. The molecule has 1 saturated heterocycles. The molecule has 0 bridgehead atoms. The number of amides is 1. The van der Waals surface area contributed by atoms with Crippen molar-refractivity contribution in [2.24, 2.45) is 7.05 Å². The van der Waals surface area contributed by atoms with Crippen molar-refractivity contribution in [1.29, 1.82) is 0 Å². The van der Waals surface area contributed by atoms with Gasteiger partial charge < -0.3 is 10.0 Å². The minimum Gasteiger partial charge on any atom is -0.380 e. The van der Waals surface area contributed by atoms with Crippen molar-refractivity contribution in [3.63, 3.8) is 0 Å². The van der Waals surface area contributed by atoms with Crippen LogP contribution >= 0.6 is 0 Å². The molecule has 9 heteroatoms. The maximum Gasteiger partial charge on any atom is 0.224 e. The summed E-state index contributed by atoms with van der Waals surface area (Å²) in [5.74, 6) is 0.127. The van der Waals surface area contributed by atoms with Crippen molar-refractivity contribution in [1.82, 2.24) is 29.5 Å². The second kappa shape index (κ2) is 7.18. The average Bonchev–Trinajstić information content (AvgIpc) is 3.38. The third-order valence-electron chi connectivity index (χ3n) is 4.99. The van der Waals surface area contributed by atoms with Crippen molar-refractivity contribution in [3.05, 3.63) is 35.4 Å². The lowest BCUT2D eigenvalue weighted by Crippen LogP contribution is -2.39. The van der Waals surface area contributed by atoms with E-state index in [-0.39, 0.29) is 5.91 Å². The fourth-order valence-electron chi connectivity index (χ4n) is 3.49. The van der Waals surface area contributed by atoms with Gasteiger partial charge in [-0.3, -0.25) is 19.0 Å². The second-order valence-electron chi connectivity index (χ2n) is 6.75. The number of aryl methyl sites for hydroxylation is 1. The molecule has 0 radical (unpaired) electrons.